The molecular formula is C56H58ClFN6O8S. The number of nitrogens with one attached hydrogen (secondary N) is 2. The Morgan fingerprint density at radius 3 is 2.34 bits per heavy atom. The normalized spacial score (nSPS) is 15.0. The van der Waals surface area contributed by atoms with Crippen molar-refractivity contribution in [2.45, 2.75) is 65.8 Å². The number of ketones is 1. The third kappa shape index (κ3) is 14.0. The zero-order chi connectivity index (χ0) is 51.5. The van der Waals surface area contributed by atoms with Crippen molar-refractivity contribution in [3.63, 3.8) is 0 Å². The van der Waals surface area contributed by atoms with Crippen LogP contribution in [0.15, 0.2) is 121 Å². The van der Waals surface area contributed by atoms with Crippen LogP contribution >= 0.6 is 22.9 Å². The van der Waals surface area contributed by atoms with Gasteiger partial charge in [-0.15, -0.1) is 11.3 Å². The number of carbonyl (C=O) groups is 3. The maximum Gasteiger partial charge on any atom is 0.243 e. The summed E-state index contributed by atoms with van der Waals surface area (Å²) in [4.78, 5) is 56.5. The largest absolute Gasteiger partial charge is 0.491 e. The lowest BCUT2D eigenvalue weighted by Crippen LogP contribution is -2.50. The number of aliphatic hydroxyl groups is 1. The molecule has 1 saturated heterocycles. The second-order valence-corrected chi connectivity index (χ2v) is 20.2. The fourth-order valence-corrected chi connectivity index (χ4v) is 9.59. The number of amides is 2. The predicted octanol–water partition coefficient (Wildman–Crippen LogP) is 10.2. The van der Waals surface area contributed by atoms with Crippen molar-refractivity contribution in [3.8, 4) is 33.1 Å². The van der Waals surface area contributed by atoms with Crippen molar-refractivity contribution in [2.24, 2.45) is 11.3 Å². The monoisotopic (exact) mass is 1030 g/mol. The number of aromatic nitrogens is 3. The fourth-order valence-electron chi connectivity index (χ4n) is 8.54. The average molecular weight is 1030 g/mol. The first-order valence-electron chi connectivity index (χ1n) is 24.0. The molecule has 14 nitrogen and oxygen atoms in total. The SMILES string of the molecule is Cc1ncsc1-c1ccc(CNC(=O)[C@H]2C[C@H](O)CN2C(=O)[C@@H](CC(=O)COCCOCCOc2ccc(-c3ccc4ncnc(Nc5ccc(OCc6cccc(F)c6)c(Cl)c5)c4c3)cc2)C(C)(C)C)cc1. The summed E-state index contributed by atoms with van der Waals surface area (Å²) in [6.07, 6.45) is 0.691. The van der Waals surface area contributed by atoms with E-state index in [2.05, 4.69) is 25.6 Å². The Kier molecular flexibility index (Phi) is 17.5. The van der Waals surface area contributed by atoms with Gasteiger partial charge in [0.15, 0.2) is 5.78 Å². The van der Waals surface area contributed by atoms with Gasteiger partial charge in [0.1, 0.15) is 55.3 Å². The number of nitrogens with zero attached hydrogens (tertiary/aromatic N) is 4. The molecule has 380 valence electrons. The minimum Gasteiger partial charge on any atom is -0.491 e. The fraction of sp³-hybridized carbons (Fsp3) is 0.321. The quantitative estimate of drug-likeness (QED) is 0.0549. The Morgan fingerprint density at radius 2 is 1.60 bits per heavy atom. The number of benzene rings is 5. The van der Waals surface area contributed by atoms with Crippen molar-refractivity contribution in [3.05, 3.63) is 149 Å². The standard InChI is InChI=1S/C56H58ClFN6O8S/c1-35-52(73-34-62-35)39-10-8-36(9-11-39)29-59-54(67)50-28-43(65)30-64(50)55(68)47(56(2,3)4)27-44(66)32-70-21-20-69-22-23-71-45-16-12-38(13-17-45)40-14-18-49-46(25-40)53(61-33-60-49)63-42-15-19-51(48(57)26-42)72-31-37-6-5-7-41(58)24-37/h5-19,24-26,33-34,43,47,50,65H,20-23,27-32H2,1-4H3,(H,59,67)(H,60,61,63)/t43-,47+,50+/m0/s1. The molecule has 3 N–H and O–H groups in total. The summed E-state index contributed by atoms with van der Waals surface area (Å²) in [5.74, 6) is -0.256. The number of rotatable bonds is 22. The minimum atomic E-state index is -0.856. The number of likely N-dealkylation sites (tertiary alicyclic amines) is 1. The molecule has 0 spiro atoms. The van der Waals surface area contributed by atoms with Crippen LogP contribution in [0.5, 0.6) is 11.5 Å². The smallest absolute Gasteiger partial charge is 0.243 e. The summed E-state index contributed by atoms with van der Waals surface area (Å²) in [5.41, 5.74) is 8.20. The summed E-state index contributed by atoms with van der Waals surface area (Å²) < 4.78 is 36.7. The summed E-state index contributed by atoms with van der Waals surface area (Å²) in [6.45, 7) is 8.90. The van der Waals surface area contributed by atoms with E-state index in [1.165, 1.54) is 23.4 Å². The molecule has 0 unspecified atom stereocenters. The molecule has 2 amide bonds. The van der Waals surface area contributed by atoms with Gasteiger partial charge in [-0.1, -0.05) is 87.0 Å². The lowest BCUT2D eigenvalue weighted by Gasteiger charge is -2.34. The lowest BCUT2D eigenvalue weighted by molar-refractivity contribution is -0.146. The van der Waals surface area contributed by atoms with Crippen LogP contribution in [0.1, 0.15) is 50.4 Å². The minimum absolute atomic E-state index is 0.0140. The number of β-amino-alcohol motifs (C(OH)–C–C–N with tert-alkyl or cyclic N) is 1. The molecule has 0 radical (unpaired) electrons. The van der Waals surface area contributed by atoms with Crippen molar-refractivity contribution >= 4 is 62.9 Å². The molecule has 8 rings (SSSR count). The van der Waals surface area contributed by atoms with Gasteiger partial charge in [0.05, 0.1) is 52.5 Å². The van der Waals surface area contributed by atoms with Gasteiger partial charge >= 0.3 is 0 Å². The zero-order valence-corrected chi connectivity index (χ0v) is 42.7. The van der Waals surface area contributed by atoms with Crippen LogP contribution in [0.2, 0.25) is 5.02 Å². The van der Waals surface area contributed by atoms with Gasteiger partial charge in [0.2, 0.25) is 11.8 Å². The Morgan fingerprint density at radius 1 is 0.849 bits per heavy atom. The highest BCUT2D eigenvalue weighted by molar-refractivity contribution is 7.13. The van der Waals surface area contributed by atoms with Crippen LogP contribution in [0.3, 0.4) is 0 Å². The number of carbonyl (C=O) groups excluding carboxylic acids is 3. The molecule has 73 heavy (non-hydrogen) atoms. The van der Waals surface area contributed by atoms with Crippen LogP contribution in [0.4, 0.5) is 15.9 Å². The van der Waals surface area contributed by atoms with Gasteiger partial charge < -0.3 is 39.6 Å². The average Bonchev–Trinajstić information content (AvgIpc) is 4.00. The number of thiazole rings is 1. The number of anilines is 2. The third-order valence-corrected chi connectivity index (χ3v) is 13.8. The number of fused-ring (bicyclic) bond motifs is 1. The van der Waals surface area contributed by atoms with Gasteiger partial charge in [-0.05, 0) is 94.8 Å². The Hall–Kier alpha value is -6.82. The van der Waals surface area contributed by atoms with Crippen molar-refractivity contribution in [2.75, 3.05) is 44.9 Å². The molecular weight excluding hydrogens is 971 g/mol. The number of hydrogen-bond donors (Lipinski definition) is 3. The zero-order valence-electron chi connectivity index (χ0n) is 41.1. The maximum atomic E-state index is 14.1. The number of Topliss-reactive ketones (excluding diaryl/α,β-unsaturated/α-hetero) is 1. The van der Waals surface area contributed by atoms with Crippen LogP contribution in [0.25, 0.3) is 32.5 Å². The second-order valence-electron chi connectivity index (χ2n) is 18.9. The van der Waals surface area contributed by atoms with E-state index < -0.39 is 23.5 Å². The highest BCUT2D eigenvalue weighted by atomic mass is 35.5. The van der Waals surface area contributed by atoms with Gasteiger partial charge in [0.25, 0.3) is 0 Å². The maximum absolute atomic E-state index is 14.1. The summed E-state index contributed by atoms with van der Waals surface area (Å²) in [6, 6.07) is 32.2. The summed E-state index contributed by atoms with van der Waals surface area (Å²) in [5, 5.41) is 18.1. The molecule has 1 fully saturated rings. The first-order chi connectivity index (χ1) is 35.2. The number of ether oxygens (including phenoxy) is 4. The van der Waals surface area contributed by atoms with E-state index in [4.69, 9.17) is 30.5 Å². The van der Waals surface area contributed by atoms with E-state index in [9.17, 15) is 23.9 Å². The van der Waals surface area contributed by atoms with Crippen molar-refractivity contribution in [1.29, 1.82) is 0 Å². The Labute approximate surface area is 432 Å². The van der Waals surface area contributed by atoms with Crippen molar-refractivity contribution < 1.29 is 42.8 Å². The van der Waals surface area contributed by atoms with E-state index >= 15 is 0 Å². The topological polar surface area (TPSA) is 174 Å². The van der Waals surface area contributed by atoms with E-state index in [0.29, 0.717) is 46.8 Å². The van der Waals surface area contributed by atoms with Crippen LogP contribution in [-0.2, 0) is 37.0 Å². The third-order valence-electron chi connectivity index (χ3n) is 12.5. The Balaban J connectivity index is 0.747. The summed E-state index contributed by atoms with van der Waals surface area (Å²) in [7, 11) is 0. The molecule has 2 aromatic heterocycles. The van der Waals surface area contributed by atoms with Crippen LogP contribution in [0, 0.1) is 24.1 Å². The first-order valence-corrected chi connectivity index (χ1v) is 25.3. The molecule has 1 aliphatic rings. The molecule has 5 aromatic carbocycles. The molecule has 1 aliphatic heterocycles. The van der Waals surface area contributed by atoms with E-state index in [1.807, 2.05) is 106 Å². The number of aryl methyl sites for hydroxylation is 1. The van der Waals surface area contributed by atoms with Gasteiger partial charge in [-0.2, -0.15) is 0 Å². The van der Waals surface area contributed by atoms with Gasteiger partial charge in [-0.25, -0.2) is 19.3 Å². The van der Waals surface area contributed by atoms with Crippen LogP contribution in [-0.4, -0.2) is 94.3 Å². The lowest BCUT2D eigenvalue weighted by atomic mass is 9.77. The Bertz CT molecular complexity index is 3020. The van der Waals surface area contributed by atoms with Crippen molar-refractivity contribution in [1.82, 2.24) is 25.2 Å². The number of hydrogen-bond acceptors (Lipinski definition) is 13. The van der Waals surface area contributed by atoms with Gasteiger partial charge in [-0.3, -0.25) is 14.4 Å². The number of halogens is 2. The molecule has 0 aliphatic carbocycles. The van der Waals surface area contributed by atoms with Gasteiger partial charge in [0, 0.05) is 42.9 Å². The summed E-state index contributed by atoms with van der Waals surface area (Å²) >= 11 is 8.13. The molecule has 0 saturated carbocycles. The van der Waals surface area contributed by atoms with E-state index in [0.717, 1.165) is 43.7 Å². The second kappa shape index (κ2) is 24.3. The highest BCUT2D eigenvalue weighted by Gasteiger charge is 2.44. The highest BCUT2D eigenvalue weighted by Crippen LogP contribution is 2.35. The molecule has 0 bridgehead atoms. The van der Waals surface area contributed by atoms with E-state index in [-0.39, 0.29) is 75.8 Å². The molecule has 3 atom stereocenters. The molecule has 17 heteroatoms. The first kappa shape index (κ1) is 52.5. The van der Waals surface area contributed by atoms with E-state index in [1.54, 1.807) is 35.6 Å². The number of aliphatic hydroxyl groups excluding tert-OH is 1. The molecule has 3 heterocycles. The predicted molar refractivity (Wildman–Crippen MR) is 280 cm³/mol. The molecule has 7 aromatic rings. The van der Waals surface area contributed by atoms with Crippen LogP contribution < -0.4 is 20.1 Å².